The lowest BCUT2D eigenvalue weighted by atomic mass is 10.2. The molecule has 0 saturated heterocycles. The summed E-state index contributed by atoms with van der Waals surface area (Å²) in [5, 5.41) is 0.418. The molecule has 0 atom stereocenters. The van der Waals surface area contributed by atoms with Gasteiger partial charge in [-0.1, -0.05) is 12.1 Å². The molecule has 0 aliphatic rings. The van der Waals surface area contributed by atoms with E-state index < -0.39 is 5.97 Å². The van der Waals surface area contributed by atoms with Gasteiger partial charge in [0.05, 0.1) is 24.1 Å². The number of para-hydroxylation sites is 1. The highest BCUT2D eigenvalue weighted by Crippen LogP contribution is 2.10. The van der Waals surface area contributed by atoms with Gasteiger partial charge in [-0.15, -0.1) is 0 Å². The number of benzene rings is 1. The van der Waals surface area contributed by atoms with E-state index in [4.69, 9.17) is 9.47 Å². The number of nitrogens with zero attached hydrogens (tertiary/aromatic N) is 2. The van der Waals surface area contributed by atoms with Crippen LogP contribution in [0.4, 0.5) is 0 Å². The molecule has 0 fully saturated rings. The second kappa shape index (κ2) is 8.24. The summed E-state index contributed by atoms with van der Waals surface area (Å²) in [4.78, 5) is 40.5. The molecule has 0 aliphatic heterocycles. The van der Waals surface area contributed by atoms with Crippen LogP contribution in [0.15, 0.2) is 29.1 Å². The molecule has 0 radical (unpaired) electrons. The first-order valence-corrected chi connectivity index (χ1v) is 7.90. The molecule has 0 bridgehead atoms. The largest absolute Gasteiger partial charge is 0.466 e. The molecule has 1 aromatic carbocycles. The molecule has 1 aromatic heterocycles. The van der Waals surface area contributed by atoms with E-state index in [-0.39, 0.29) is 36.9 Å². The van der Waals surface area contributed by atoms with E-state index in [0.717, 1.165) is 0 Å². The van der Waals surface area contributed by atoms with Gasteiger partial charge in [0.15, 0.2) is 0 Å². The molecule has 0 aliphatic carbocycles. The molecule has 128 valence electrons. The highest BCUT2D eigenvalue weighted by molar-refractivity contribution is 5.88. The molecule has 2 aromatic rings. The maximum atomic E-state index is 12.7. The lowest BCUT2D eigenvalue weighted by Gasteiger charge is -2.12. The average Bonchev–Trinajstić information content (AvgIpc) is 2.57. The van der Waals surface area contributed by atoms with Crippen LogP contribution in [-0.4, -0.2) is 34.7 Å². The van der Waals surface area contributed by atoms with Crippen LogP contribution in [0, 0.1) is 0 Å². The van der Waals surface area contributed by atoms with Gasteiger partial charge in [0.2, 0.25) is 5.82 Å². The van der Waals surface area contributed by atoms with Crippen LogP contribution in [0.1, 0.15) is 37.3 Å². The third-order valence-electron chi connectivity index (χ3n) is 3.39. The number of rotatable bonds is 7. The van der Waals surface area contributed by atoms with Gasteiger partial charge in [-0.25, -0.2) is 9.78 Å². The lowest BCUT2D eigenvalue weighted by Crippen LogP contribution is -2.29. The van der Waals surface area contributed by atoms with Crippen LogP contribution < -0.4 is 5.56 Å². The SMILES string of the molecule is CCOC(=O)CCCn1c(C(=O)OCC)nc2ccccc2c1=O. The third-order valence-corrected chi connectivity index (χ3v) is 3.39. The van der Waals surface area contributed by atoms with Crippen LogP contribution in [0.25, 0.3) is 10.9 Å². The highest BCUT2D eigenvalue weighted by atomic mass is 16.5. The van der Waals surface area contributed by atoms with Gasteiger partial charge < -0.3 is 9.47 Å². The van der Waals surface area contributed by atoms with E-state index in [9.17, 15) is 14.4 Å². The van der Waals surface area contributed by atoms with Crippen LogP contribution in [0.2, 0.25) is 0 Å². The number of hydrogen-bond donors (Lipinski definition) is 0. The van der Waals surface area contributed by atoms with Crippen molar-refractivity contribution < 1.29 is 19.1 Å². The summed E-state index contributed by atoms with van der Waals surface area (Å²) in [6, 6.07) is 6.80. The fraction of sp³-hybridized carbons (Fsp3) is 0.412. The molecule has 7 heteroatoms. The standard InChI is InChI=1S/C17H20N2O5/c1-3-23-14(20)10-7-11-19-15(17(22)24-4-2)18-13-9-6-5-8-12(13)16(19)21/h5-6,8-9H,3-4,7,10-11H2,1-2H3. The van der Waals surface area contributed by atoms with Gasteiger partial charge >= 0.3 is 11.9 Å². The highest BCUT2D eigenvalue weighted by Gasteiger charge is 2.18. The van der Waals surface area contributed by atoms with E-state index in [0.29, 0.717) is 23.9 Å². The topological polar surface area (TPSA) is 87.5 Å². The second-order valence-electron chi connectivity index (χ2n) is 5.04. The Morgan fingerprint density at radius 1 is 1.12 bits per heavy atom. The summed E-state index contributed by atoms with van der Waals surface area (Å²) in [6.07, 6.45) is 0.528. The molecule has 0 N–H and O–H groups in total. The van der Waals surface area contributed by atoms with Crippen molar-refractivity contribution >= 4 is 22.8 Å². The summed E-state index contributed by atoms with van der Waals surface area (Å²) in [5.41, 5.74) is 0.111. The quantitative estimate of drug-likeness (QED) is 0.720. The zero-order valence-corrected chi connectivity index (χ0v) is 13.8. The Morgan fingerprint density at radius 2 is 1.83 bits per heavy atom. The Morgan fingerprint density at radius 3 is 2.54 bits per heavy atom. The van der Waals surface area contributed by atoms with Crippen molar-refractivity contribution in [2.75, 3.05) is 13.2 Å². The Labute approximate surface area is 139 Å². The first kappa shape index (κ1) is 17.7. The summed E-state index contributed by atoms with van der Waals surface area (Å²) in [7, 11) is 0. The first-order chi connectivity index (χ1) is 11.6. The fourth-order valence-electron chi connectivity index (χ4n) is 2.34. The number of hydrogen-bond acceptors (Lipinski definition) is 6. The Bertz CT molecular complexity index is 797. The van der Waals surface area contributed by atoms with Crippen molar-refractivity contribution in [3.63, 3.8) is 0 Å². The maximum Gasteiger partial charge on any atom is 0.374 e. The van der Waals surface area contributed by atoms with Crippen LogP contribution in [0.3, 0.4) is 0 Å². The van der Waals surface area contributed by atoms with Crippen LogP contribution in [0.5, 0.6) is 0 Å². The average molecular weight is 332 g/mol. The molecule has 0 unspecified atom stereocenters. The van der Waals surface area contributed by atoms with E-state index in [2.05, 4.69) is 4.98 Å². The summed E-state index contributed by atoms with van der Waals surface area (Å²) in [5.74, 6) is -1.04. The van der Waals surface area contributed by atoms with Gasteiger partial charge in [0, 0.05) is 13.0 Å². The van der Waals surface area contributed by atoms with E-state index in [1.54, 1.807) is 38.1 Å². The number of ether oxygens (including phenoxy) is 2. The third kappa shape index (κ3) is 3.98. The van der Waals surface area contributed by atoms with E-state index in [1.165, 1.54) is 4.57 Å². The second-order valence-corrected chi connectivity index (χ2v) is 5.04. The number of esters is 2. The molecule has 0 spiro atoms. The molecule has 0 amide bonds. The Kier molecular flexibility index (Phi) is 6.06. The molecule has 2 rings (SSSR count). The summed E-state index contributed by atoms with van der Waals surface area (Å²) in [6.45, 7) is 4.09. The monoisotopic (exact) mass is 332 g/mol. The van der Waals surface area contributed by atoms with Gasteiger partial charge in [-0.3, -0.25) is 14.2 Å². The zero-order chi connectivity index (χ0) is 17.5. The Hall–Kier alpha value is -2.70. The first-order valence-electron chi connectivity index (χ1n) is 7.90. The fourth-order valence-corrected chi connectivity index (χ4v) is 2.34. The Balaban J connectivity index is 2.35. The number of carbonyl (C=O) groups is 2. The van der Waals surface area contributed by atoms with Crippen molar-refractivity contribution in [3.8, 4) is 0 Å². The molecule has 7 nitrogen and oxygen atoms in total. The van der Waals surface area contributed by atoms with Gasteiger partial charge in [0.25, 0.3) is 5.56 Å². The summed E-state index contributed by atoms with van der Waals surface area (Å²) >= 11 is 0. The maximum absolute atomic E-state index is 12.7. The van der Waals surface area contributed by atoms with Crippen molar-refractivity contribution in [1.29, 1.82) is 0 Å². The minimum absolute atomic E-state index is 0.0515. The summed E-state index contributed by atoms with van der Waals surface area (Å²) < 4.78 is 11.1. The number of carbonyl (C=O) groups excluding carboxylic acids is 2. The van der Waals surface area contributed by atoms with E-state index in [1.807, 2.05) is 0 Å². The molecular formula is C17H20N2O5. The lowest BCUT2D eigenvalue weighted by molar-refractivity contribution is -0.143. The van der Waals surface area contributed by atoms with Gasteiger partial charge in [-0.05, 0) is 32.4 Å². The minimum atomic E-state index is -0.656. The number of fused-ring (bicyclic) bond motifs is 1. The van der Waals surface area contributed by atoms with Crippen LogP contribution in [-0.2, 0) is 20.8 Å². The molecule has 0 saturated carbocycles. The molecule has 1 heterocycles. The minimum Gasteiger partial charge on any atom is -0.466 e. The van der Waals surface area contributed by atoms with Crippen molar-refractivity contribution in [2.24, 2.45) is 0 Å². The van der Waals surface area contributed by atoms with Gasteiger partial charge in [0.1, 0.15) is 0 Å². The zero-order valence-electron chi connectivity index (χ0n) is 13.8. The van der Waals surface area contributed by atoms with Crippen molar-refractivity contribution in [2.45, 2.75) is 33.2 Å². The smallest absolute Gasteiger partial charge is 0.374 e. The normalized spacial score (nSPS) is 10.6. The molecular weight excluding hydrogens is 312 g/mol. The molecule has 24 heavy (non-hydrogen) atoms. The van der Waals surface area contributed by atoms with Gasteiger partial charge in [-0.2, -0.15) is 0 Å². The van der Waals surface area contributed by atoms with Crippen molar-refractivity contribution in [1.82, 2.24) is 9.55 Å². The van der Waals surface area contributed by atoms with Crippen LogP contribution >= 0.6 is 0 Å². The predicted molar refractivity (Wildman–Crippen MR) is 87.8 cm³/mol. The van der Waals surface area contributed by atoms with Crippen molar-refractivity contribution in [3.05, 3.63) is 40.4 Å². The number of aromatic nitrogens is 2. The van der Waals surface area contributed by atoms with E-state index >= 15 is 0 Å². The predicted octanol–water partition coefficient (Wildman–Crippen LogP) is 1.92.